The molecule has 1 aromatic rings. The summed E-state index contributed by atoms with van der Waals surface area (Å²) in [5, 5.41) is 2.95. The summed E-state index contributed by atoms with van der Waals surface area (Å²) < 4.78 is 5.48. The van der Waals surface area contributed by atoms with Gasteiger partial charge in [-0.15, -0.1) is 0 Å². The fourth-order valence-electron chi connectivity index (χ4n) is 2.39. The molecule has 1 fully saturated rings. The number of nitrogens with one attached hydrogen (secondary N) is 1. The molecule has 1 amide bonds. The van der Waals surface area contributed by atoms with Crippen LogP contribution in [-0.2, 0) is 16.1 Å². The molecule has 4 nitrogen and oxygen atoms in total. The van der Waals surface area contributed by atoms with Gasteiger partial charge in [0.05, 0.1) is 6.10 Å². The van der Waals surface area contributed by atoms with Crippen molar-refractivity contribution in [2.24, 2.45) is 0 Å². The highest BCUT2D eigenvalue weighted by Crippen LogP contribution is 2.10. The fraction of sp³-hybridized carbons (Fsp3) is 0.562. The van der Waals surface area contributed by atoms with Gasteiger partial charge in [0.1, 0.15) is 0 Å². The Hall–Kier alpha value is -1.39. The topological polar surface area (TPSA) is 41.6 Å². The van der Waals surface area contributed by atoms with Gasteiger partial charge in [-0.25, -0.2) is 0 Å². The zero-order valence-corrected chi connectivity index (χ0v) is 12.2. The van der Waals surface area contributed by atoms with Crippen molar-refractivity contribution in [2.45, 2.75) is 31.9 Å². The van der Waals surface area contributed by atoms with Crippen LogP contribution in [0.1, 0.15) is 24.8 Å². The molecule has 1 aromatic carbocycles. The van der Waals surface area contributed by atoms with E-state index in [1.165, 1.54) is 5.56 Å². The minimum absolute atomic E-state index is 0.111. The highest BCUT2D eigenvalue weighted by molar-refractivity contribution is 5.76. The molecule has 0 spiro atoms. The molecule has 2 rings (SSSR count). The lowest BCUT2D eigenvalue weighted by atomic mass is 10.2. The summed E-state index contributed by atoms with van der Waals surface area (Å²) >= 11 is 0. The molecule has 1 unspecified atom stereocenters. The van der Waals surface area contributed by atoms with Gasteiger partial charge in [-0.2, -0.15) is 0 Å². The van der Waals surface area contributed by atoms with Gasteiger partial charge in [0, 0.05) is 32.7 Å². The third-order valence-electron chi connectivity index (χ3n) is 3.57. The first-order valence-electron chi connectivity index (χ1n) is 7.35. The number of rotatable bonds is 7. The molecular weight excluding hydrogens is 252 g/mol. The summed E-state index contributed by atoms with van der Waals surface area (Å²) in [6, 6.07) is 10.3. The molecule has 0 saturated carbocycles. The van der Waals surface area contributed by atoms with Gasteiger partial charge in [0.25, 0.3) is 0 Å². The van der Waals surface area contributed by atoms with E-state index in [2.05, 4.69) is 22.3 Å². The number of carbonyl (C=O) groups excluding carboxylic acids is 1. The highest BCUT2D eigenvalue weighted by atomic mass is 16.5. The van der Waals surface area contributed by atoms with Crippen LogP contribution in [0, 0.1) is 0 Å². The lowest BCUT2D eigenvalue weighted by molar-refractivity contribution is -0.121. The Morgan fingerprint density at radius 2 is 2.20 bits per heavy atom. The van der Waals surface area contributed by atoms with Crippen LogP contribution in [0.25, 0.3) is 0 Å². The zero-order valence-electron chi connectivity index (χ0n) is 12.2. The first-order valence-corrected chi connectivity index (χ1v) is 7.35. The van der Waals surface area contributed by atoms with E-state index in [0.29, 0.717) is 13.0 Å². The molecule has 1 heterocycles. The predicted molar refractivity (Wildman–Crippen MR) is 79.4 cm³/mol. The van der Waals surface area contributed by atoms with E-state index in [1.54, 1.807) is 0 Å². The summed E-state index contributed by atoms with van der Waals surface area (Å²) in [5.41, 5.74) is 1.27. The Labute approximate surface area is 121 Å². The number of benzene rings is 1. The van der Waals surface area contributed by atoms with Gasteiger partial charge in [0.15, 0.2) is 0 Å². The van der Waals surface area contributed by atoms with E-state index in [4.69, 9.17) is 4.74 Å². The van der Waals surface area contributed by atoms with E-state index in [9.17, 15) is 4.79 Å². The number of nitrogens with zero attached hydrogens (tertiary/aromatic N) is 1. The third kappa shape index (κ3) is 5.31. The van der Waals surface area contributed by atoms with Crippen molar-refractivity contribution in [3.8, 4) is 0 Å². The molecule has 20 heavy (non-hydrogen) atoms. The minimum atomic E-state index is 0.111. The van der Waals surface area contributed by atoms with Crippen molar-refractivity contribution in [3.63, 3.8) is 0 Å². The number of carbonyl (C=O) groups is 1. The quantitative estimate of drug-likeness (QED) is 0.826. The highest BCUT2D eigenvalue weighted by Gasteiger charge is 2.16. The van der Waals surface area contributed by atoms with Gasteiger partial charge in [0.2, 0.25) is 5.91 Å². The SMILES string of the molecule is CN(CCC(=O)NCC1CCCO1)Cc1ccccc1. The van der Waals surface area contributed by atoms with Gasteiger partial charge >= 0.3 is 0 Å². The summed E-state index contributed by atoms with van der Waals surface area (Å²) in [5.74, 6) is 0.111. The van der Waals surface area contributed by atoms with Crippen LogP contribution in [0.15, 0.2) is 30.3 Å². The predicted octanol–water partition coefficient (Wildman–Crippen LogP) is 1.80. The molecular formula is C16H24N2O2. The maximum Gasteiger partial charge on any atom is 0.221 e. The average Bonchev–Trinajstić information content (AvgIpc) is 2.97. The summed E-state index contributed by atoms with van der Waals surface area (Å²) in [4.78, 5) is 13.9. The van der Waals surface area contributed by atoms with Crippen molar-refractivity contribution in [2.75, 3.05) is 26.7 Å². The van der Waals surface area contributed by atoms with E-state index in [-0.39, 0.29) is 12.0 Å². The number of hydrogen-bond acceptors (Lipinski definition) is 3. The number of ether oxygens (including phenoxy) is 1. The zero-order chi connectivity index (χ0) is 14.2. The Morgan fingerprint density at radius 1 is 1.40 bits per heavy atom. The van der Waals surface area contributed by atoms with Crippen molar-refractivity contribution in [3.05, 3.63) is 35.9 Å². The Morgan fingerprint density at radius 3 is 2.90 bits per heavy atom. The number of amides is 1. The Kier molecular flexibility index (Phi) is 6.02. The van der Waals surface area contributed by atoms with Crippen LogP contribution >= 0.6 is 0 Å². The summed E-state index contributed by atoms with van der Waals surface area (Å²) in [7, 11) is 2.04. The van der Waals surface area contributed by atoms with Crippen molar-refractivity contribution < 1.29 is 9.53 Å². The molecule has 1 aliphatic rings. The molecule has 1 atom stereocenters. The van der Waals surface area contributed by atoms with E-state index in [1.807, 2.05) is 25.2 Å². The van der Waals surface area contributed by atoms with Gasteiger partial charge < -0.3 is 15.0 Å². The molecule has 110 valence electrons. The molecule has 0 aromatic heterocycles. The lowest BCUT2D eigenvalue weighted by Crippen LogP contribution is -2.33. The van der Waals surface area contributed by atoms with Crippen LogP contribution in [0.5, 0.6) is 0 Å². The number of hydrogen-bond donors (Lipinski definition) is 1. The third-order valence-corrected chi connectivity index (χ3v) is 3.57. The maximum absolute atomic E-state index is 11.8. The summed E-state index contributed by atoms with van der Waals surface area (Å²) in [6.45, 7) is 3.13. The molecule has 0 bridgehead atoms. The second kappa shape index (κ2) is 8.02. The van der Waals surface area contributed by atoms with Gasteiger partial charge in [-0.05, 0) is 25.5 Å². The summed E-state index contributed by atoms with van der Waals surface area (Å²) in [6.07, 6.45) is 2.94. The van der Waals surface area contributed by atoms with Crippen molar-refractivity contribution in [1.29, 1.82) is 0 Å². The fourth-order valence-corrected chi connectivity index (χ4v) is 2.39. The monoisotopic (exact) mass is 276 g/mol. The molecule has 1 N–H and O–H groups in total. The van der Waals surface area contributed by atoms with Crippen LogP contribution in [0.2, 0.25) is 0 Å². The van der Waals surface area contributed by atoms with Crippen LogP contribution < -0.4 is 5.32 Å². The van der Waals surface area contributed by atoms with Crippen molar-refractivity contribution in [1.82, 2.24) is 10.2 Å². The van der Waals surface area contributed by atoms with E-state index in [0.717, 1.165) is 32.5 Å². The second-order valence-electron chi connectivity index (χ2n) is 5.41. The van der Waals surface area contributed by atoms with Crippen LogP contribution in [-0.4, -0.2) is 43.7 Å². The minimum Gasteiger partial charge on any atom is -0.376 e. The first-order chi connectivity index (χ1) is 9.74. The Bertz CT molecular complexity index is 402. The smallest absolute Gasteiger partial charge is 0.221 e. The molecule has 0 radical (unpaired) electrons. The lowest BCUT2D eigenvalue weighted by Gasteiger charge is -2.17. The first kappa shape index (κ1) is 15.0. The average molecular weight is 276 g/mol. The second-order valence-corrected chi connectivity index (χ2v) is 5.41. The van der Waals surface area contributed by atoms with Crippen LogP contribution in [0.4, 0.5) is 0 Å². The standard InChI is InChI=1S/C16H24N2O2/c1-18(13-14-6-3-2-4-7-14)10-9-16(19)17-12-15-8-5-11-20-15/h2-4,6-7,15H,5,8-13H2,1H3,(H,17,19). The molecule has 0 aliphatic carbocycles. The van der Waals surface area contributed by atoms with E-state index >= 15 is 0 Å². The van der Waals surface area contributed by atoms with Gasteiger partial charge in [-0.3, -0.25) is 4.79 Å². The van der Waals surface area contributed by atoms with Crippen LogP contribution in [0.3, 0.4) is 0 Å². The molecule has 1 saturated heterocycles. The normalized spacial score (nSPS) is 18.4. The van der Waals surface area contributed by atoms with E-state index < -0.39 is 0 Å². The van der Waals surface area contributed by atoms with Crippen molar-refractivity contribution >= 4 is 5.91 Å². The van der Waals surface area contributed by atoms with Gasteiger partial charge in [-0.1, -0.05) is 30.3 Å². The Balaban J connectivity index is 1.60. The molecule has 4 heteroatoms. The molecule has 1 aliphatic heterocycles. The maximum atomic E-state index is 11.8. The largest absolute Gasteiger partial charge is 0.376 e.